The van der Waals surface area contributed by atoms with Gasteiger partial charge in [-0.1, -0.05) is 34.9 Å². The fourth-order valence-electron chi connectivity index (χ4n) is 3.33. The molecule has 2 fully saturated rings. The van der Waals surface area contributed by atoms with Crippen molar-refractivity contribution in [2.75, 3.05) is 0 Å². The van der Waals surface area contributed by atoms with Crippen molar-refractivity contribution in [1.29, 1.82) is 0 Å². The normalized spacial score (nSPS) is 24.0. The fourth-order valence-corrected chi connectivity index (χ4v) is 3.33. The Morgan fingerprint density at radius 3 is 2.12 bits per heavy atom. The molecule has 17 heavy (non-hydrogen) atoms. The van der Waals surface area contributed by atoms with Crippen LogP contribution in [-0.2, 0) is 0 Å². The van der Waals surface area contributed by atoms with Gasteiger partial charge in [-0.05, 0) is 69.4 Å². The summed E-state index contributed by atoms with van der Waals surface area (Å²) in [6.45, 7) is 4.46. The summed E-state index contributed by atoms with van der Waals surface area (Å²) in [5.41, 5.74) is 8.10. The zero-order valence-corrected chi connectivity index (χ0v) is 11.1. The van der Waals surface area contributed by atoms with E-state index in [4.69, 9.17) is 0 Å². The molecule has 0 aromatic heterocycles. The third kappa shape index (κ3) is 2.31. The Hall–Kier alpha value is -1.04. The fraction of sp³-hybridized carbons (Fsp3) is 0.529. The van der Waals surface area contributed by atoms with Gasteiger partial charge in [-0.2, -0.15) is 0 Å². The quantitative estimate of drug-likeness (QED) is 0.588. The van der Waals surface area contributed by atoms with Crippen molar-refractivity contribution in [1.82, 2.24) is 0 Å². The lowest BCUT2D eigenvalue weighted by atomic mass is 9.79. The van der Waals surface area contributed by atoms with Gasteiger partial charge in [0.2, 0.25) is 0 Å². The average Bonchev–Trinajstić information content (AvgIpc) is 3.13. The van der Waals surface area contributed by atoms with E-state index in [9.17, 15) is 0 Å². The third-order valence-electron chi connectivity index (χ3n) is 4.45. The largest absolute Gasteiger partial charge is 0.0709 e. The van der Waals surface area contributed by atoms with Crippen LogP contribution in [0.3, 0.4) is 0 Å². The Morgan fingerprint density at radius 2 is 1.53 bits per heavy atom. The van der Waals surface area contributed by atoms with E-state index >= 15 is 0 Å². The van der Waals surface area contributed by atoms with Crippen molar-refractivity contribution in [3.05, 3.63) is 46.0 Å². The van der Waals surface area contributed by atoms with Crippen molar-refractivity contribution in [3.8, 4) is 0 Å². The lowest BCUT2D eigenvalue weighted by Crippen LogP contribution is -2.08. The topological polar surface area (TPSA) is 0 Å². The average molecular weight is 226 g/mol. The van der Waals surface area contributed by atoms with Crippen molar-refractivity contribution < 1.29 is 0 Å². The van der Waals surface area contributed by atoms with E-state index in [0.717, 1.165) is 5.92 Å². The molecule has 0 radical (unpaired) electrons. The van der Waals surface area contributed by atoms with E-state index in [1.165, 1.54) is 49.7 Å². The minimum atomic E-state index is 0.818. The van der Waals surface area contributed by atoms with Crippen LogP contribution in [0.2, 0.25) is 0 Å². The van der Waals surface area contributed by atoms with Gasteiger partial charge < -0.3 is 0 Å². The Bertz CT molecular complexity index is 449. The summed E-state index contributed by atoms with van der Waals surface area (Å²) < 4.78 is 0. The van der Waals surface area contributed by atoms with E-state index in [-0.39, 0.29) is 0 Å². The number of aryl methyl sites for hydroxylation is 2. The van der Waals surface area contributed by atoms with Gasteiger partial charge >= 0.3 is 0 Å². The summed E-state index contributed by atoms with van der Waals surface area (Å²) in [7, 11) is 0. The third-order valence-corrected chi connectivity index (χ3v) is 4.45. The molecule has 0 atom stereocenters. The molecule has 0 amide bonds. The standard InChI is InChI=1S/C17H22/c1-12-3-10-17(13(2)11-12)16-8-6-15(7-9-16)14-4-5-14/h3,10-11,16H,4-9H2,1-2H3. The molecule has 0 aliphatic heterocycles. The van der Waals surface area contributed by atoms with Gasteiger partial charge in [0.05, 0.1) is 0 Å². The summed E-state index contributed by atoms with van der Waals surface area (Å²) >= 11 is 0. The van der Waals surface area contributed by atoms with Crippen LogP contribution < -0.4 is 0 Å². The molecular weight excluding hydrogens is 204 g/mol. The molecule has 1 aromatic rings. The highest BCUT2D eigenvalue weighted by atomic mass is 14.3. The van der Waals surface area contributed by atoms with E-state index in [2.05, 4.69) is 32.0 Å². The highest BCUT2D eigenvalue weighted by molar-refractivity contribution is 5.35. The first-order valence-corrected chi connectivity index (χ1v) is 7.01. The lowest BCUT2D eigenvalue weighted by molar-refractivity contribution is 0.513. The highest BCUT2D eigenvalue weighted by Gasteiger charge is 2.24. The molecule has 2 aliphatic rings. The molecular formula is C17H22. The number of hydrogen-bond donors (Lipinski definition) is 0. The van der Waals surface area contributed by atoms with Crippen LogP contribution in [0.1, 0.15) is 61.1 Å². The maximum absolute atomic E-state index is 2.37. The molecule has 1 aromatic carbocycles. The molecule has 0 unspecified atom stereocenters. The summed E-state index contributed by atoms with van der Waals surface area (Å²) in [6, 6.07) is 6.98. The SMILES string of the molecule is Cc1ccc(C2CCC(=C3CC3)CC2)c(C)c1. The van der Waals surface area contributed by atoms with Gasteiger partial charge in [-0.3, -0.25) is 0 Å². The summed E-state index contributed by atoms with van der Waals surface area (Å²) in [5.74, 6) is 0.818. The van der Waals surface area contributed by atoms with Crippen LogP contribution in [0.25, 0.3) is 0 Å². The second-order valence-electron chi connectivity index (χ2n) is 5.84. The van der Waals surface area contributed by atoms with Gasteiger partial charge in [0.1, 0.15) is 0 Å². The highest BCUT2D eigenvalue weighted by Crippen LogP contribution is 2.43. The van der Waals surface area contributed by atoms with Crippen LogP contribution in [-0.4, -0.2) is 0 Å². The zero-order chi connectivity index (χ0) is 11.8. The number of benzene rings is 1. The van der Waals surface area contributed by atoms with Gasteiger partial charge in [0.15, 0.2) is 0 Å². The lowest BCUT2D eigenvalue weighted by Gasteiger charge is -2.26. The molecule has 0 nitrogen and oxygen atoms in total. The first-order chi connectivity index (χ1) is 8.24. The molecule has 3 rings (SSSR count). The first kappa shape index (κ1) is 11.1. The number of hydrogen-bond acceptors (Lipinski definition) is 0. The van der Waals surface area contributed by atoms with Gasteiger partial charge in [-0.15, -0.1) is 0 Å². The number of allylic oxidation sites excluding steroid dienone is 2. The van der Waals surface area contributed by atoms with Crippen molar-refractivity contribution in [2.24, 2.45) is 0 Å². The van der Waals surface area contributed by atoms with Crippen LogP contribution in [0.4, 0.5) is 0 Å². The van der Waals surface area contributed by atoms with Gasteiger partial charge in [0.25, 0.3) is 0 Å². The van der Waals surface area contributed by atoms with Gasteiger partial charge in [-0.25, -0.2) is 0 Å². The van der Waals surface area contributed by atoms with Crippen molar-refractivity contribution >= 4 is 0 Å². The molecule has 0 heterocycles. The summed E-state index contributed by atoms with van der Waals surface area (Å²) in [6.07, 6.45) is 8.30. The maximum atomic E-state index is 2.37. The zero-order valence-electron chi connectivity index (χ0n) is 11.1. The smallest absolute Gasteiger partial charge is 0.0153 e. The van der Waals surface area contributed by atoms with Crippen LogP contribution >= 0.6 is 0 Å². The van der Waals surface area contributed by atoms with Gasteiger partial charge in [0, 0.05) is 0 Å². The predicted octanol–water partition coefficient (Wildman–Crippen LogP) is 5.05. The Kier molecular flexibility index (Phi) is 2.82. The molecule has 2 saturated carbocycles. The Balaban J connectivity index is 1.75. The molecule has 0 saturated heterocycles. The summed E-state index contributed by atoms with van der Waals surface area (Å²) in [4.78, 5) is 0. The maximum Gasteiger partial charge on any atom is -0.0153 e. The van der Waals surface area contributed by atoms with E-state index in [1.807, 2.05) is 5.57 Å². The van der Waals surface area contributed by atoms with Crippen LogP contribution in [0.5, 0.6) is 0 Å². The second kappa shape index (κ2) is 4.33. The Labute approximate surface area is 105 Å². The summed E-state index contributed by atoms with van der Waals surface area (Å²) in [5, 5.41) is 0. The molecule has 90 valence electrons. The van der Waals surface area contributed by atoms with Crippen LogP contribution in [0, 0.1) is 13.8 Å². The van der Waals surface area contributed by atoms with E-state index in [1.54, 1.807) is 11.1 Å². The molecule has 0 N–H and O–H groups in total. The Morgan fingerprint density at radius 1 is 0.882 bits per heavy atom. The minimum Gasteiger partial charge on any atom is -0.0709 e. The van der Waals surface area contributed by atoms with E-state index in [0.29, 0.717) is 0 Å². The molecule has 2 aliphatic carbocycles. The minimum absolute atomic E-state index is 0.818. The van der Waals surface area contributed by atoms with E-state index < -0.39 is 0 Å². The molecule has 0 spiro atoms. The van der Waals surface area contributed by atoms with Crippen molar-refractivity contribution in [3.63, 3.8) is 0 Å². The molecule has 0 heteroatoms. The predicted molar refractivity (Wildman–Crippen MR) is 73.4 cm³/mol. The molecule has 0 bridgehead atoms. The van der Waals surface area contributed by atoms with Crippen LogP contribution in [0.15, 0.2) is 29.3 Å². The first-order valence-electron chi connectivity index (χ1n) is 7.01. The van der Waals surface area contributed by atoms with Crippen molar-refractivity contribution in [2.45, 2.75) is 58.3 Å². The number of rotatable bonds is 1. The monoisotopic (exact) mass is 226 g/mol. The second-order valence-corrected chi connectivity index (χ2v) is 5.84.